The van der Waals surface area contributed by atoms with E-state index in [1.165, 1.54) is 19.3 Å². The lowest BCUT2D eigenvalue weighted by Gasteiger charge is -2.34. The number of halogens is 2. The lowest BCUT2D eigenvalue weighted by molar-refractivity contribution is -0.139. The Kier molecular flexibility index (Phi) is 13.6. The molecule has 3 aliphatic rings. The second kappa shape index (κ2) is 19.5. The molecule has 0 radical (unpaired) electrons. The number of amides is 3. The number of likely N-dealkylation sites (tertiary alicyclic amines) is 1. The summed E-state index contributed by atoms with van der Waals surface area (Å²) in [6.07, 6.45) is 7.52. The Morgan fingerprint density at radius 2 is 1.60 bits per heavy atom. The number of carboxylic acids is 1. The predicted molar refractivity (Wildman–Crippen MR) is 240 cm³/mol. The molecule has 5 N–H and O–H groups in total. The molecule has 0 spiro atoms. The molecule has 3 amide bonds. The van der Waals surface area contributed by atoms with E-state index in [1.807, 2.05) is 38.8 Å². The van der Waals surface area contributed by atoms with Crippen molar-refractivity contribution in [2.24, 2.45) is 0 Å². The highest BCUT2D eigenvalue weighted by atomic mass is 32.2. The number of nitrogens with one attached hydrogen (secondary N) is 4. The molecular formula is C45H48F2N10O9S. The van der Waals surface area contributed by atoms with Gasteiger partial charge in [-0.05, 0) is 67.5 Å². The van der Waals surface area contributed by atoms with Crippen LogP contribution in [0.5, 0.6) is 5.75 Å². The Morgan fingerprint density at radius 3 is 2.25 bits per heavy atom. The van der Waals surface area contributed by atoms with Gasteiger partial charge in [-0.3, -0.25) is 29.2 Å². The van der Waals surface area contributed by atoms with Crippen molar-refractivity contribution in [1.29, 1.82) is 0 Å². The first kappa shape index (κ1) is 46.6. The highest BCUT2D eigenvalue weighted by molar-refractivity contribution is 7.90. The summed E-state index contributed by atoms with van der Waals surface area (Å²) in [5, 5.41) is 15.7. The molecule has 8 rings (SSSR count). The topological polar surface area (TPSA) is 249 Å². The Balaban J connectivity index is 0.847. The van der Waals surface area contributed by atoms with Gasteiger partial charge in [0.25, 0.3) is 5.91 Å². The molecule has 2 aromatic carbocycles. The predicted octanol–water partition coefficient (Wildman–Crippen LogP) is 3.98. The van der Waals surface area contributed by atoms with Crippen molar-refractivity contribution in [2.45, 2.75) is 63.5 Å². The smallest absolute Gasteiger partial charge is 0.353 e. The number of ketones is 1. The first-order valence-corrected chi connectivity index (χ1v) is 23.2. The number of rotatable bonds is 15. The molecule has 3 aromatic heterocycles. The number of carbonyl (C=O) groups is 5. The maximum atomic E-state index is 15.8. The summed E-state index contributed by atoms with van der Waals surface area (Å²) in [6.45, 7) is 4.33. The number of carbonyl (C=O) groups excluding carboxylic acids is 4. The van der Waals surface area contributed by atoms with E-state index >= 15 is 8.78 Å². The molecule has 22 heteroatoms. The molecular weight excluding hydrogens is 895 g/mol. The van der Waals surface area contributed by atoms with Crippen LogP contribution in [0.2, 0.25) is 0 Å². The number of ether oxygens (including phenoxy) is 1. The number of carboxylic acid groups (broad SMARTS) is 1. The van der Waals surface area contributed by atoms with Crippen molar-refractivity contribution in [1.82, 2.24) is 39.8 Å². The molecule has 3 saturated heterocycles. The molecule has 5 aromatic rings. The van der Waals surface area contributed by atoms with E-state index in [4.69, 9.17) is 4.74 Å². The van der Waals surface area contributed by atoms with E-state index in [1.54, 1.807) is 19.3 Å². The van der Waals surface area contributed by atoms with Crippen LogP contribution in [0, 0.1) is 11.6 Å². The van der Waals surface area contributed by atoms with Crippen LogP contribution in [0.15, 0.2) is 61.1 Å². The van der Waals surface area contributed by atoms with Crippen LogP contribution in [-0.4, -0.2) is 131 Å². The van der Waals surface area contributed by atoms with Gasteiger partial charge in [-0.25, -0.2) is 28.5 Å². The molecule has 19 nitrogen and oxygen atoms in total. The van der Waals surface area contributed by atoms with Gasteiger partial charge in [0.05, 0.1) is 23.4 Å². The number of benzene rings is 2. The van der Waals surface area contributed by atoms with Crippen LogP contribution in [0.3, 0.4) is 0 Å². The molecule has 3 aliphatic heterocycles. The number of aromatic amines is 1. The van der Waals surface area contributed by atoms with Crippen LogP contribution in [0.4, 0.5) is 20.4 Å². The van der Waals surface area contributed by atoms with Crippen molar-refractivity contribution in [3.8, 4) is 16.9 Å². The van der Waals surface area contributed by atoms with Gasteiger partial charge in [0, 0.05) is 93.8 Å². The van der Waals surface area contributed by atoms with Crippen molar-refractivity contribution < 1.29 is 51.0 Å². The minimum atomic E-state index is -4.27. The summed E-state index contributed by atoms with van der Waals surface area (Å²) in [6, 6.07) is 10.7. The van der Waals surface area contributed by atoms with Gasteiger partial charge in [0.1, 0.15) is 22.9 Å². The summed E-state index contributed by atoms with van der Waals surface area (Å²) in [5.74, 6) is -5.16. The number of H-pyrrole nitrogens is 1. The van der Waals surface area contributed by atoms with E-state index in [0.29, 0.717) is 67.4 Å². The zero-order chi connectivity index (χ0) is 47.6. The van der Waals surface area contributed by atoms with Crippen LogP contribution in [-0.2, 0) is 24.6 Å². The van der Waals surface area contributed by atoms with E-state index in [-0.39, 0.29) is 48.4 Å². The Labute approximate surface area is 383 Å². The molecule has 0 aliphatic carbocycles. The van der Waals surface area contributed by atoms with Crippen LogP contribution in [0.25, 0.3) is 22.2 Å². The average Bonchev–Trinajstić information content (AvgIpc) is 3.72. The monoisotopic (exact) mass is 942 g/mol. The van der Waals surface area contributed by atoms with Gasteiger partial charge in [0.2, 0.25) is 23.5 Å². The molecule has 1 unspecified atom stereocenters. The third-order valence-corrected chi connectivity index (χ3v) is 14.0. The second-order valence-electron chi connectivity index (χ2n) is 16.6. The number of anilines is 2. The highest BCUT2D eigenvalue weighted by Gasteiger charge is 2.32. The fraction of sp³-hybridized carbons (Fsp3) is 0.378. The SMILES string of the molecule is CCN(C)S(=O)(=O)Nc1ccc(F)c(C(=O)c2c(C(=O)O)[nH]c3ncc(-c4cnc(N5CCC(NCC(=O)N6CCC(c7ccc(OC8CCC(=O)NC8=O)cc7)CC6)CC5)nc4)cc23)c1F. The molecule has 0 bridgehead atoms. The Bertz CT molecular complexity index is 2830. The summed E-state index contributed by atoms with van der Waals surface area (Å²) in [5.41, 5.74) is -1.20. The largest absolute Gasteiger partial charge is 0.481 e. The van der Waals surface area contributed by atoms with E-state index < -0.39 is 68.1 Å². The second-order valence-corrected chi connectivity index (χ2v) is 18.4. The van der Waals surface area contributed by atoms with Crippen molar-refractivity contribution >= 4 is 62.4 Å². The molecule has 67 heavy (non-hydrogen) atoms. The minimum absolute atomic E-state index is 0.0317. The van der Waals surface area contributed by atoms with E-state index in [0.717, 1.165) is 41.6 Å². The average molecular weight is 943 g/mol. The van der Waals surface area contributed by atoms with Crippen LogP contribution < -0.4 is 25.0 Å². The van der Waals surface area contributed by atoms with Gasteiger partial charge in [0.15, 0.2) is 11.9 Å². The Morgan fingerprint density at radius 1 is 0.910 bits per heavy atom. The van der Waals surface area contributed by atoms with Crippen molar-refractivity contribution in [3.63, 3.8) is 0 Å². The molecule has 0 saturated carbocycles. The third kappa shape index (κ3) is 10.1. The highest BCUT2D eigenvalue weighted by Crippen LogP contribution is 2.33. The van der Waals surface area contributed by atoms with Gasteiger partial charge in [-0.2, -0.15) is 12.7 Å². The number of hydrogen-bond acceptors (Lipinski definition) is 13. The van der Waals surface area contributed by atoms with Gasteiger partial charge in [-0.15, -0.1) is 0 Å². The van der Waals surface area contributed by atoms with E-state index in [2.05, 4.69) is 30.6 Å². The summed E-state index contributed by atoms with van der Waals surface area (Å²) < 4.78 is 64.9. The van der Waals surface area contributed by atoms with Crippen molar-refractivity contribution in [3.05, 3.63) is 95.1 Å². The summed E-state index contributed by atoms with van der Waals surface area (Å²) >= 11 is 0. The number of pyridine rings is 1. The number of aromatic carboxylic acids is 1. The Hall–Kier alpha value is -6.91. The minimum Gasteiger partial charge on any atom is -0.481 e. The van der Waals surface area contributed by atoms with Crippen LogP contribution >= 0.6 is 0 Å². The number of nitrogens with zero attached hydrogens (tertiary/aromatic N) is 6. The fourth-order valence-corrected chi connectivity index (χ4v) is 9.40. The zero-order valence-corrected chi connectivity index (χ0v) is 37.4. The molecule has 3 fully saturated rings. The number of piperidine rings is 3. The fourth-order valence-electron chi connectivity index (χ4n) is 8.47. The number of hydrogen-bond donors (Lipinski definition) is 5. The first-order valence-electron chi connectivity index (χ1n) is 21.8. The van der Waals surface area contributed by atoms with Gasteiger partial charge < -0.3 is 29.9 Å². The van der Waals surface area contributed by atoms with Crippen LogP contribution in [0.1, 0.15) is 83.3 Å². The maximum absolute atomic E-state index is 15.8. The maximum Gasteiger partial charge on any atom is 0.353 e. The summed E-state index contributed by atoms with van der Waals surface area (Å²) in [4.78, 5) is 82.7. The van der Waals surface area contributed by atoms with E-state index in [9.17, 15) is 37.5 Å². The lowest BCUT2D eigenvalue weighted by Crippen LogP contribution is -2.48. The molecule has 6 heterocycles. The molecule has 1 atom stereocenters. The van der Waals surface area contributed by atoms with Gasteiger partial charge in [-0.1, -0.05) is 19.1 Å². The third-order valence-electron chi connectivity index (χ3n) is 12.5. The van der Waals surface area contributed by atoms with Gasteiger partial charge >= 0.3 is 16.2 Å². The van der Waals surface area contributed by atoms with Crippen molar-refractivity contribution in [2.75, 3.05) is 55.9 Å². The zero-order valence-electron chi connectivity index (χ0n) is 36.6. The number of fused-ring (bicyclic) bond motifs is 1. The number of imide groups is 1. The standard InChI is InChI=1S/C45H48F2N10O9S/c1-3-55(2)67(64,65)54-33-9-8-32(46)38(39(33)47)41(60)37-31-20-27(21-49-42(31)53-40(37)44(62)63)28-22-50-45(51-23-28)57-18-14-29(15-19-57)48-24-36(59)56-16-12-26(13-17-56)25-4-6-30(7-5-25)66-34-10-11-35(58)52-43(34)61/h4-9,20-23,26,29,34,48,54H,3,10-19,24H2,1-2H3,(H,49,53)(H,62,63)(H,52,58,61). The molecule has 352 valence electrons. The number of aromatic nitrogens is 4. The quantitative estimate of drug-likeness (QED) is 0.0736. The normalized spacial score (nSPS) is 17.5. The first-order chi connectivity index (χ1) is 32.1. The summed E-state index contributed by atoms with van der Waals surface area (Å²) in [7, 11) is -3.03. The lowest BCUT2D eigenvalue weighted by atomic mass is 9.89.